The first-order valence-electron chi connectivity index (χ1n) is 10.4. The number of carbonyl (C=O) groups is 1. The molecule has 0 saturated heterocycles. The van der Waals surface area contributed by atoms with Gasteiger partial charge in [0.05, 0.1) is 12.6 Å². The number of aromatic nitrogens is 2. The fourth-order valence-corrected chi connectivity index (χ4v) is 5.21. The lowest BCUT2D eigenvalue weighted by molar-refractivity contribution is -0.148. The van der Waals surface area contributed by atoms with E-state index < -0.39 is 17.7 Å². The summed E-state index contributed by atoms with van der Waals surface area (Å²) in [7, 11) is 0. The van der Waals surface area contributed by atoms with Crippen LogP contribution in [0.5, 0.6) is 5.88 Å². The van der Waals surface area contributed by atoms with Crippen molar-refractivity contribution in [3.8, 4) is 5.88 Å². The topological polar surface area (TPSA) is 67.7 Å². The smallest absolute Gasteiger partial charge is 0.246 e. The molecule has 0 N–H and O–H groups in total. The van der Waals surface area contributed by atoms with Gasteiger partial charge < -0.3 is 4.74 Å². The van der Waals surface area contributed by atoms with E-state index in [4.69, 9.17) is 16.3 Å². The Kier molecular flexibility index (Phi) is 5.33. The van der Waals surface area contributed by atoms with Gasteiger partial charge in [-0.1, -0.05) is 11.6 Å². The van der Waals surface area contributed by atoms with Gasteiger partial charge in [0.2, 0.25) is 11.8 Å². The van der Waals surface area contributed by atoms with Crippen molar-refractivity contribution in [1.82, 2.24) is 15.0 Å². The zero-order valence-electron chi connectivity index (χ0n) is 16.6. The average molecular weight is 447 g/mol. The predicted molar refractivity (Wildman–Crippen MR) is 109 cm³/mol. The van der Waals surface area contributed by atoms with Gasteiger partial charge in [-0.15, -0.1) is 0 Å². The molecule has 4 aliphatic rings. The van der Waals surface area contributed by atoms with Gasteiger partial charge in [0, 0.05) is 30.7 Å². The van der Waals surface area contributed by atoms with Crippen molar-refractivity contribution >= 4 is 23.7 Å². The Hall–Kier alpha value is -2.61. The van der Waals surface area contributed by atoms with E-state index in [1.807, 2.05) is 0 Å². The number of ether oxygens (including phenoxy) is 1. The van der Waals surface area contributed by atoms with Crippen LogP contribution in [0, 0.1) is 35.3 Å². The van der Waals surface area contributed by atoms with Gasteiger partial charge in [0.1, 0.15) is 23.1 Å². The summed E-state index contributed by atoms with van der Waals surface area (Å²) in [6, 6.07) is 4.46. The monoisotopic (exact) mass is 446 g/mol. The Morgan fingerprint density at radius 1 is 1.10 bits per heavy atom. The number of hydrogen-bond donors (Lipinski definition) is 0. The summed E-state index contributed by atoms with van der Waals surface area (Å²) in [5.41, 5.74) is 0.422. The van der Waals surface area contributed by atoms with Crippen LogP contribution in [0.15, 0.2) is 35.7 Å². The standard InChI is InChI=1S/C22H21ClF2N4O2/c23-20-9-21(27-11-26-20)31-10-15-7-18(13-3-12(15)4-13)22(30)29-19(1-2-28-29)14-5-16(24)8-17(25)6-14/h2,5-6,8-9,11-13,15,18-19H,1,3-4,7,10H2/t12?,13?,15?,18-,19?/m0/s1. The molecule has 1 aliphatic heterocycles. The largest absolute Gasteiger partial charge is 0.477 e. The van der Waals surface area contributed by atoms with E-state index in [0.717, 1.165) is 18.9 Å². The van der Waals surface area contributed by atoms with Crippen LogP contribution in [0.25, 0.3) is 0 Å². The van der Waals surface area contributed by atoms with E-state index in [1.54, 1.807) is 12.3 Å². The molecule has 9 heteroatoms. The van der Waals surface area contributed by atoms with Crippen molar-refractivity contribution in [1.29, 1.82) is 0 Å². The molecule has 3 fully saturated rings. The molecule has 2 unspecified atom stereocenters. The van der Waals surface area contributed by atoms with Crippen LogP contribution in [0.3, 0.4) is 0 Å². The zero-order valence-corrected chi connectivity index (χ0v) is 17.4. The number of hydrogen-bond acceptors (Lipinski definition) is 5. The highest BCUT2D eigenvalue weighted by atomic mass is 35.5. The molecule has 1 aromatic carbocycles. The molecular weight excluding hydrogens is 426 g/mol. The van der Waals surface area contributed by atoms with E-state index in [1.165, 1.54) is 23.5 Å². The van der Waals surface area contributed by atoms with Crippen molar-refractivity contribution in [2.75, 3.05) is 6.61 Å². The van der Waals surface area contributed by atoms with E-state index in [2.05, 4.69) is 15.1 Å². The lowest BCUT2D eigenvalue weighted by Crippen LogP contribution is -2.50. The van der Waals surface area contributed by atoms with Gasteiger partial charge in [-0.2, -0.15) is 5.10 Å². The zero-order chi connectivity index (χ0) is 21.5. The third-order valence-corrected chi connectivity index (χ3v) is 6.91. The highest BCUT2D eigenvalue weighted by molar-refractivity contribution is 6.29. The first-order valence-corrected chi connectivity index (χ1v) is 10.8. The summed E-state index contributed by atoms with van der Waals surface area (Å²) in [6.45, 7) is 0.455. The van der Waals surface area contributed by atoms with Gasteiger partial charge in [0.25, 0.3) is 0 Å². The molecule has 1 amide bonds. The minimum Gasteiger partial charge on any atom is -0.477 e. The van der Waals surface area contributed by atoms with Gasteiger partial charge >= 0.3 is 0 Å². The van der Waals surface area contributed by atoms with Crippen LogP contribution in [-0.2, 0) is 4.79 Å². The number of nitrogens with zero attached hydrogens (tertiary/aromatic N) is 4. The number of halogens is 3. The molecule has 0 radical (unpaired) electrons. The molecule has 31 heavy (non-hydrogen) atoms. The summed E-state index contributed by atoms with van der Waals surface area (Å²) < 4.78 is 33.3. The molecule has 2 heterocycles. The van der Waals surface area contributed by atoms with E-state index in [-0.39, 0.29) is 17.7 Å². The van der Waals surface area contributed by atoms with Crippen LogP contribution in [0.1, 0.15) is 37.3 Å². The van der Waals surface area contributed by atoms with Crippen LogP contribution in [0.2, 0.25) is 5.15 Å². The normalized spacial score (nSPS) is 29.0. The highest BCUT2D eigenvalue weighted by Gasteiger charge is 2.50. The van der Waals surface area contributed by atoms with Crippen LogP contribution >= 0.6 is 11.6 Å². The predicted octanol–water partition coefficient (Wildman–Crippen LogP) is 4.41. The number of carbonyl (C=O) groups excluding carboxylic acids is 1. The average Bonchev–Trinajstić information content (AvgIpc) is 3.20. The quantitative estimate of drug-likeness (QED) is 0.638. The number of amides is 1. The van der Waals surface area contributed by atoms with Gasteiger partial charge in [-0.05, 0) is 54.7 Å². The summed E-state index contributed by atoms with van der Waals surface area (Å²) in [6.07, 6.45) is 6.08. The SMILES string of the molecule is O=C([C@H]1CC(COc2cc(Cl)ncn2)C2CC1C2)N1N=CCC1c1cc(F)cc(F)c1. The molecule has 2 aromatic rings. The Morgan fingerprint density at radius 3 is 2.61 bits per heavy atom. The van der Waals surface area contributed by atoms with Crippen molar-refractivity contribution < 1.29 is 18.3 Å². The third kappa shape index (κ3) is 4.01. The molecule has 1 aromatic heterocycles. The van der Waals surface area contributed by atoms with E-state index in [0.29, 0.717) is 47.9 Å². The lowest BCUT2D eigenvalue weighted by atomic mass is 9.55. The maximum absolute atomic E-state index is 13.7. The van der Waals surface area contributed by atoms with Crippen molar-refractivity contribution in [2.45, 2.75) is 31.7 Å². The van der Waals surface area contributed by atoms with Crippen LogP contribution in [-0.4, -0.2) is 33.7 Å². The molecule has 3 atom stereocenters. The van der Waals surface area contributed by atoms with Crippen LogP contribution < -0.4 is 4.74 Å². The van der Waals surface area contributed by atoms with Gasteiger partial charge in [-0.25, -0.2) is 23.8 Å². The summed E-state index contributed by atoms with van der Waals surface area (Å²) in [5.74, 6) is -0.0763. The maximum atomic E-state index is 13.7. The van der Waals surface area contributed by atoms with Gasteiger partial charge in [0.15, 0.2) is 0 Å². The van der Waals surface area contributed by atoms with Crippen molar-refractivity contribution in [3.05, 3.63) is 52.9 Å². The molecule has 3 aliphatic carbocycles. The highest BCUT2D eigenvalue weighted by Crippen LogP contribution is 2.53. The van der Waals surface area contributed by atoms with Gasteiger partial charge in [-0.3, -0.25) is 4.79 Å². The Morgan fingerprint density at radius 2 is 1.87 bits per heavy atom. The van der Waals surface area contributed by atoms with E-state index >= 15 is 0 Å². The summed E-state index contributed by atoms with van der Waals surface area (Å²) in [5, 5.41) is 5.99. The molecule has 3 saturated carbocycles. The summed E-state index contributed by atoms with van der Waals surface area (Å²) in [4.78, 5) is 21.3. The second-order valence-electron chi connectivity index (χ2n) is 8.52. The molecular formula is C22H21ClF2N4O2. The van der Waals surface area contributed by atoms with Crippen LogP contribution in [0.4, 0.5) is 8.78 Å². The van der Waals surface area contributed by atoms with Crippen molar-refractivity contribution in [3.63, 3.8) is 0 Å². The first kappa shape index (κ1) is 20.3. The second kappa shape index (κ2) is 8.15. The Bertz CT molecular complexity index is 1010. The first-order chi connectivity index (χ1) is 15.0. The third-order valence-electron chi connectivity index (χ3n) is 6.70. The number of rotatable bonds is 5. The van der Waals surface area contributed by atoms with E-state index in [9.17, 15) is 13.6 Å². The fourth-order valence-electron chi connectivity index (χ4n) is 5.07. The molecule has 6 rings (SSSR count). The number of hydrazone groups is 1. The molecule has 2 bridgehead atoms. The minimum absolute atomic E-state index is 0.0818. The molecule has 0 spiro atoms. The second-order valence-corrected chi connectivity index (χ2v) is 8.91. The number of fused-ring (bicyclic) bond motifs is 2. The maximum Gasteiger partial charge on any atom is 0.246 e. The van der Waals surface area contributed by atoms with Crippen molar-refractivity contribution in [2.24, 2.45) is 28.8 Å². The lowest BCUT2D eigenvalue weighted by Gasteiger charge is -2.51. The molecule has 162 valence electrons. The Labute approximate surface area is 183 Å². The minimum atomic E-state index is -0.657. The fraction of sp³-hybridized carbons (Fsp3) is 0.455. The molecule has 6 nitrogen and oxygen atoms in total. The summed E-state index contributed by atoms with van der Waals surface area (Å²) >= 11 is 5.88. The Balaban J connectivity index is 1.28. The number of benzene rings is 1.